The first kappa shape index (κ1) is 24.2. The van der Waals surface area contributed by atoms with Gasteiger partial charge in [-0.3, -0.25) is 9.98 Å². The maximum atomic E-state index is 10.2. The molecule has 0 aromatic heterocycles. The Morgan fingerprint density at radius 3 is 1.35 bits per heavy atom. The van der Waals surface area contributed by atoms with Gasteiger partial charge in [-0.25, -0.2) is 0 Å². The van der Waals surface area contributed by atoms with Crippen molar-refractivity contribution in [3.05, 3.63) is 139 Å². The Morgan fingerprint density at radius 2 is 0.865 bits per heavy atom. The number of hydrogen-bond acceptors (Lipinski definition) is 4. The second-order valence-corrected chi connectivity index (χ2v) is 10.4. The summed E-state index contributed by atoms with van der Waals surface area (Å²) >= 11 is 0. The van der Waals surface area contributed by atoms with Crippen molar-refractivity contribution in [2.24, 2.45) is 9.98 Å². The van der Waals surface area contributed by atoms with Crippen LogP contribution in [-0.4, -0.2) is 22.6 Å². The second-order valence-electron chi connectivity index (χ2n) is 8.28. The first-order valence-electron chi connectivity index (χ1n) is 11.9. The lowest BCUT2D eigenvalue weighted by Crippen LogP contribution is -2.25. The van der Waals surface area contributed by atoms with Gasteiger partial charge in [0, 0.05) is 23.6 Å². The smallest absolute Gasteiger partial charge is 0.141 e. The molecule has 0 saturated heterocycles. The van der Waals surface area contributed by atoms with E-state index in [-0.39, 0.29) is 11.5 Å². The van der Waals surface area contributed by atoms with E-state index in [4.69, 9.17) is 0 Å². The Bertz CT molecular complexity index is 1470. The Kier molecular flexibility index (Phi) is 7.50. The molecule has 37 heavy (non-hydrogen) atoms. The van der Waals surface area contributed by atoms with Crippen LogP contribution in [0.5, 0.6) is 11.5 Å². The normalized spacial score (nSPS) is 12.2. The van der Waals surface area contributed by atoms with Gasteiger partial charge in [0.05, 0.1) is 0 Å². The van der Waals surface area contributed by atoms with Gasteiger partial charge in [-0.05, 0) is 48.1 Å². The highest BCUT2D eigenvalue weighted by Crippen LogP contribution is 2.35. The van der Waals surface area contributed by atoms with Crippen LogP contribution in [0.25, 0.3) is 0 Å². The largest absolute Gasteiger partial charge is 0.506 e. The van der Waals surface area contributed by atoms with Crippen molar-refractivity contribution >= 4 is 47.6 Å². The van der Waals surface area contributed by atoms with Crippen LogP contribution < -0.4 is 15.9 Å². The summed E-state index contributed by atoms with van der Waals surface area (Å²) in [6.45, 7) is 0. The van der Waals surface area contributed by atoms with Gasteiger partial charge in [-0.15, -0.1) is 0 Å². The highest BCUT2D eigenvalue weighted by molar-refractivity contribution is 7.80. The molecular formula is C32H25N2O2P. The minimum Gasteiger partial charge on any atom is -0.506 e. The van der Waals surface area contributed by atoms with Gasteiger partial charge in [0.25, 0.3) is 0 Å². The number of phenolic OH excluding ortho intramolecular Hbond substituents is 2. The van der Waals surface area contributed by atoms with E-state index in [2.05, 4.69) is 58.5 Å². The standard InChI is InChI=1S/C32H25N2O2P/c35-29-18-8-6-16-27(29)33-22-24-12-4-10-20-31(24)37(26-14-2-1-3-15-26)32-21-11-5-13-25(32)23-34-28-17-7-9-19-30(28)36/h1-23,35-36H. The quantitative estimate of drug-likeness (QED) is 0.202. The summed E-state index contributed by atoms with van der Waals surface area (Å²) in [5, 5.41) is 23.9. The Hall–Kier alpha value is -4.53. The molecule has 4 nitrogen and oxygen atoms in total. The van der Waals surface area contributed by atoms with E-state index in [0.717, 1.165) is 21.7 Å². The Labute approximate surface area is 217 Å². The molecule has 5 heteroatoms. The van der Waals surface area contributed by atoms with Gasteiger partial charge in [-0.1, -0.05) is 103 Å². The molecule has 180 valence electrons. The number of aliphatic imine (C=N–C) groups is 2. The molecule has 0 aliphatic carbocycles. The van der Waals surface area contributed by atoms with Gasteiger partial charge in [-0.2, -0.15) is 0 Å². The van der Waals surface area contributed by atoms with Crippen LogP contribution in [0.2, 0.25) is 0 Å². The summed E-state index contributed by atoms with van der Waals surface area (Å²) in [6.07, 6.45) is 3.64. The number of nitrogens with zero attached hydrogens (tertiary/aromatic N) is 2. The van der Waals surface area contributed by atoms with Crippen molar-refractivity contribution < 1.29 is 10.2 Å². The third-order valence-electron chi connectivity index (χ3n) is 5.82. The SMILES string of the molecule is Oc1ccccc1N=Cc1ccccc1P(c1ccccc1)c1ccccc1C=Nc1ccccc1O. The molecule has 0 radical (unpaired) electrons. The fraction of sp³-hybridized carbons (Fsp3) is 0. The zero-order valence-electron chi connectivity index (χ0n) is 20.0. The van der Waals surface area contributed by atoms with Crippen LogP contribution in [0, 0.1) is 0 Å². The topological polar surface area (TPSA) is 65.2 Å². The predicted octanol–water partition coefficient (Wildman–Crippen LogP) is 6.36. The van der Waals surface area contributed by atoms with Crippen LogP contribution in [0.3, 0.4) is 0 Å². The molecule has 0 fully saturated rings. The van der Waals surface area contributed by atoms with Crippen molar-refractivity contribution in [1.29, 1.82) is 0 Å². The molecule has 0 saturated carbocycles. The molecule has 0 atom stereocenters. The van der Waals surface area contributed by atoms with Crippen molar-refractivity contribution in [1.82, 2.24) is 0 Å². The van der Waals surface area contributed by atoms with E-state index in [0.29, 0.717) is 11.4 Å². The maximum Gasteiger partial charge on any atom is 0.141 e. The Morgan fingerprint density at radius 1 is 0.459 bits per heavy atom. The molecule has 0 aliphatic heterocycles. The molecule has 0 spiro atoms. The fourth-order valence-corrected chi connectivity index (χ4v) is 6.55. The summed E-state index contributed by atoms with van der Waals surface area (Å²) < 4.78 is 0. The van der Waals surface area contributed by atoms with Crippen molar-refractivity contribution in [3.63, 3.8) is 0 Å². The van der Waals surface area contributed by atoms with E-state index in [9.17, 15) is 10.2 Å². The van der Waals surface area contributed by atoms with Gasteiger partial charge < -0.3 is 10.2 Å². The lowest BCUT2D eigenvalue weighted by Gasteiger charge is -2.23. The first-order chi connectivity index (χ1) is 18.2. The maximum absolute atomic E-state index is 10.2. The zero-order chi connectivity index (χ0) is 25.5. The van der Waals surface area contributed by atoms with Crippen LogP contribution in [-0.2, 0) is 0 Å². The molecule has 0 heterocycles. The van der Waals surface area contributed by atoms with E-state index >= 15 is 0 Å². The van der Waals surface area contributed by atoms with Gasteiger partial charge in [0.1, 0.15) is 22.9 Å². The van der Waals surface area contributed by atoms with E-state index in [1.807, 2.05) is 54.9 Å². The lowest BCUT2D eigenvalue weighted by molar-refractivity contribution is 0.476. The molecular weight excluding hydrogens is 475 g/mol. The van der Waals surface area contributed by atoms with E-state index < -0.39 is 7.92 Å². The molecule has 5 aromatic carbocycles. The van der Waals surface area contributed by atoms with Crippen molar-refractivity contribution in [3.8, 4) is 11.5 Å². The highest BCUT2D eigenvalue weighted by Gasteiger charge is 2.21. The lowest BCUT2D eigenvalue weighted by atomic mass is 10.2. The third-order valence-corrected chi connectivity index (χ3v) is 8.41. The monoisotopic (exact) mass is 500 g/mol. The average molecular weight is 501 g/mol. The van der Waals surface area contributed by atoms with Crippen molar-refractivity contribution in [2.45, 2.75) is 0 Å². The number of hydrogen-bond donors (Lipinski definition) is 2. The van der Waals surface area contributed by atoms with Gasteiger partial charge >= 0.3 is 0 Å². The van der Waals surface area contributed by atoms with Crippen LogP contribution in [0.1, 0.15) is 11.1 Å². The van der Waals surface area contributed by atoms with Crippen LogP contribution in [0.4, 0.5) is 11.4 Å². The van der Waals surface area contributed by atoms with Crippen LogP contribution >= 0.6 is 7.92 Å². The molecule has 0 amide bonds. The molecule has 5 aromatic rings. The summed E-state index contributed by atoms with van der Waals surface area (Å²) in [5.41, 5.74) is 3.01. The number of benzene rings is 5. The predicted molar refractivity (Wildman–Crippen MR) is 156 cm³/mol. The fourth-order valence-electron chi connectivity index (χ4n) is 4.01. The minimum absolute atomic E-state index is 0.146. The van der Waals surface area contributed by atoms with Crippen LogP contribution in [0.15, 0.2) is 137 Å². The molecule has 5 rings (SSSR count). The minimum atomic E-state index is -0.971. The summed E-state index contributed by atoms with van der Waals surface area (Å²) in [6, 6.07) is 41.0. The summed E-state index contributed by atoms with van der Waals surface area (Å²) in [5.74, 6) is 0.291. The highest BCUT2D eigenvalue weighted by atomic mass is 31.1. The number of rotatable bonds is 7. The Balaban J connectivity index is 1.63. The zero-order valence-corrected chi connectivity index (χ0v) is 20.9. The average Bonchev–Trinajstić information content (AvgIpc) is 2.94. The van der Waals surface area contributed by atoms with E-state index in [1.54, 1.807) is 36.4 Å². The van der Waals surface area contributed by atoms with Crippen molar-refractivity contribution in [2.75, 3.05) is 0 Å². The second kappa shape index (κ2) is 11.5. The third kappa shape index (κ3) is 5.66. The molecule has 2 N–H and O–H groups in total. The number of aromatic hydroxyl groups is 2. The summed E-state index contributed by atoms with van der Waals surface area (Å²) in [4.78, 5) is 9.19. The molecule has 0 bridgehead atoms. The van der Waals surface area contributed by atoms with Gasteiger partial charge in [0.2, 0.25) is 0 Å². The summed E-state index contributed by atoms with van der Waals surface area (Å²) in [7, 11) is -0.971. The van der Waals surface area contributed by atoms with E-state index in [1.165, 1.54) is 5.30 Å². The van der Waals surface area contributed by atoms with Gasteiger partial charge in [0.15, 0.2) is 0 Å². The first-order valence-corrected chi connectivity index (χ1v) is 13.2. The number of phenols is 2. The molecule has 0 unspecified atom stereocenters. The number of para-hydroxylation sites is 4. The molecule has 0 aliphatic rings.